The van der Waals surface area contributed by atoms with Gasteiger partial charge in [0.15, 0.2) is 5.16 Å². The average molecular weight is 262 g/mol. The zero-order valence-corrected chi connectivity index (χ0v) is 11.5. The van der Waals surface area contributed by atoms with Crippen LogP contribution in [0.25, 0.3) is 0 Å². The molecular weight excluding hydrogens is 244 g/mol. The summed E-state index contributed by atoms with van der Waals surface area (Å²) in [4.78, 5) is 0. The highest BCUT2D eigenvalue weighted by Crippen LogP contribution is 2.21. The number of nitrogens with zero attached hydrogens (tertiary/aromatic N) is 3. The van der Waals surface area contributed by atoms with E-state index in [9.17, 15) is 0 Å². The Morgan fingerprint density at radius 1 is 1.33 bits per heavy atom. The molecule has 0 aliphatic heterocycles. The molecule has 1 unspecified atom stereocenters. The molecule has 2 N–H and O–H groups in total. The summed E-state index contributed by atoms with van der Waals surface area (Å²) >= 11 is 1.63. The molecule has 18 heavy (non-hydrogen) atoms. The molecule has 0 fully saturated rings. The smallest absolute Gasteiger partial charge is 0.190 e. The van der Waals surface area contributed by atoms with E-state index in [0.717, 1.165) is 17.3 Å². The molecule has 1 aromatic carbocycles. The minimum Gasteiger partial charge on any atom is -0.323 e. The monoisotopic (exact) mass is 262 g/mol. The maximum absolute atomic E-state index is 6.17. The summed E-state index contributed by atoms with van der Waals surface area (Å²) in [5.74, 6) is 0.804. The Bertz CT molecular complexity index is 492. The van der Waals surface area contributed by atoms with Gasteiger partial charge in [0.1, 0.15) is 6.33 Å². The number of aromatic nitrogens is 3. The Labute approximate surface area is 112 Å². The molecule has 2 rings (SSSR count). The van der Waals surface area contributed by atoms with Crippen LogP contribution in [0, 0.1) is 0 Å². The van der Waals surface area contributed by atoms with Crippen LogP contribution in [0.15, 0.2) is 35.7 Å². The molecule has 1 heterocycles. The Morgan fingerprint density at radius 3 is 2.61 bits per heavy atom. The zero-order valence-electron chi connectivity index (χ0n) is 10.7. The maximum atomic E-state index is 6.17. The third-order valence-corrected chi connectivity index (χ3v) is 4.03. The lowest BCUT2D eigenvalue weighted by atomic mass is 10.1. The van der Waals surface area contributed by atoms with Gasteiger partial charge in [-0.05, 0) is 17.5 Å². The first-order chi connectivity index (χ1) is 8.70. The van der Waals surface area contributed by atoms with Crippen molar-refractivity contribution in [3.05, 3.63) is 41.7 Å². The molecule has 0 aliphatic carbocycles. The summed E-state index contributed by atoms with van der Waals surface area (Å²) in [6.07, 6.45) is 2.76. The first-order valence-corrected chi connectivity index (χ1v) is 7.00. The topological polar surface area (TPSA) is 56.7 Å². The van der Waals surface area contributed by atoms with Crippen molar-refractivity contribution >= 4 is 11.8 Å². The number of hydrogen-bond donors (Lipinski definition) is 1. The zero-order chi connectivity index (χ0) is 13.0. The molecule has 5 heteroatoms. The molecule has 96 valence electrons. The van der Waals surface area contributed by atoms with Crippen LogP contribution < -0.4 is 5.73 Å². The van der Waals surface area contributed by atoms with Gasteiger partial charge in [-0.15, -0.1) is 10.2 Å². The molecule has 0 radical (unpaired) electrons. The van der Waals surface area contributed by atoms with Gasteiger partial charge in [-0.2, -0.15) is 0 Å². The Morgan fingerprint density at radius 2 is 2.06 bits per heavy atom. The molecule has 0 saturated carbocycles. The maximum Gasteiger partial charge on any atom is 0.190 e. The highest BCUT2D eigenvalue weighted by molar-refractivity contribution is 7.99. The minimum absolute atomic E-state index is 0.0256. The second-order valence-corrected chi connectivity index (χ2v) is 5.22. The number of aryl methyl sites for hydroxylation is 2. The van der Waals surface area contributed by atoms with Crippen molar-refractivity contribution in [2.24, 2.45) is 12.8 Å². The van der Waals surface area contributed by atoms with Crippen LogP contribution in [0.4, 0.5) is 0 Å². The van der Waals surface area contributed by atoms with Crippen LogP contribution in [0.1, 0.15) is 24.1 Å². The lowest BCUT2D eigenvalue weighted by Crippen LogP contribution is -2.13. The van der Waals surface area contributed by atoms with Crippen molar-refractivity contribution in [1.82, 2.24) is 14.8 Å². The predicted molar refractivity (Wildman–Crippen MR) is 74.5 cm³/mol. The quantitative estimate of drug-likeness (QED) is 0.839. The number of nitrogens with two attached hydrogens (primary N) is 1. The van der Waals surface area contributed by atoms with Gasteiger partial charge in [-0.3, -0.25) is 0 Å². The molecule has 0 saturated heterocycles. The van der Waals surface area contributed by atoms with Gasteiger partial charge >= 0.3 is 0 Å². The van der Waals surface area contributed by atoms with E-state index >= 15 is 0 Å². The normalized spacial score (nSPS) is 12.6. The predicted octanol–water partition coefficient (Wildman–Crippen LogP) is 2.17. The third kappa shape index (κ3) is 3.11. The Balaban J connectivity index is 1.94. The number of benzene rings is 1. The fourth-order valence-electron chi connectivity index (χ4n) is 1.66. The first kappa shape index (κ1) is 13.1. The molecule has 1 aromatic heterocycles. The van der Waals surface area contributed by atoms with Crippen molar-refractivity contribution in [3.63, 3.8) is 0 Å². The van der Waals surface area contributed by atoms with Gasteiger partial charge in [0.25, 0.3) is 0 Å². The van der Waals surface area contributed by atoms with E-state index in [0.29, 0.717) is 0 Å². The summed E-state index contributed by atoms with van der Waals surface area (Å²) in [6, 6.07) is 8.53. The van der Waals surface area contributed by atoms with Crippen LogP contribution in [-0.4, -0.2) is 20.5 Å². The average Bonchev–Trinajstić information content (AvgIpc) is 2.81. The van der Waals surface area contributed by atoms with Crippen LogP contribution in [0.5, 0.6) is 0 Å². The Hall–Kier alpha value is -1.33. The standard InChI is InChI=1S/C13H18N4S/c1-3-10-4-6-11(7-5-10)12(14)8-18-13-16-15-9-17(13)2/h4-7,9,12H,3,8,14H2,1-2H3. The molecule has 2 aromatic rings. The van der Waals surface area contributed by atoms with Crippen molar-refractivity contribution < 1.29 is 0 Å². The summed E-state index contributed by atoms with van der Waals surface area (Å²) in [5, 5.41) is 8.77. The third-order valence-electron chi connectivity index (χ3n) is 2.88. The van der Waals surface area contributed by atoms with Gasteiger partial charge in [-0.1, -0.05) is 43.0 Å². The number of hydrogen-bond acceptors (Lipinski definition) is 4. The van der Waals surface area contributed by atoms with Gasteiger partial charge in [0, 0.05) is 18.8 Å². The fraction of sp³-hybridized carbons (Fsp3) is 0.385. The first-order valence-electron chi connectivity index (χ1n) is 6.02. The summed E-state index contributed by atoms with van der Waals surface area (Å²) in [6.45, 7) is 2.15. The lowest BCUT2D eigenvalue weighted by Gasteiger charge is -2.11. The highest BCUT2D eigenvalue weighted by atomic mass is 32.2. The molecule has 4 nitrogen and oxygen atoms in total. The van der Waals surface area contributed by atoms with Crippen LogP contribution >= 0.6 is 11.8 Å². The fourth-order valence-corrected chi connectivity index (χ4v) is 2.54. The molecule has 0 bridgehead atoms. The van der Waals surface area contributed by atoms with E-state index in [4.69, 9.17) is 5.73 Å². The minimum atomic E-state index is 0.0256. The summed E-state index contributed by atoms with van der Waals surface area (Å²) in [5.41, 5.74) is 8.68. The molecule has 0 aliphatic rings. The van der Waals surface area contributed by atoms with Gasteiger partial charge < -0.3 is 10.3 Å². The van der Waals surface area contributed by atoms with E-state index in [1.165, 1.54) is 11.1 Å². The number of thioether (sulfide) groups is 1. The highest BCUT2D eigenvalue weighted by Gasteiger charge is 2.09. The van der Waals surface area contributed by atoms with Crippen LogP contribution in [0.3, 0.4) is 0 Å². The van der Waals surface area contributed by atoms with Gasteiger partial charge in [0.2, 0.25) is 0 Å². The van der Waals surface area contributed by atoms with Gasteiger partial charge in [-0.25, -0.2) is 0 Å². The van der Waals surface area contributed by atoms with E-state index in [2.05, 4.69) is 41.4 Å². The Kier molecular flexibility index (Phi) is 4.38. The SMILES string of the molecule is CCc1ccc(C(N)CSc2nncn2C)cc1. The van der Waals surface area contributed by atoms with Crippen molar-refractivity contribution in [2.45, 2.75) is 24.5 Å². The molecular formula is C13H18N4S. The van der Waals surface area contributed by atoms with E-state index in [-0.39, 0.29) is 6.04 Å². The molecule has 0 amide bonds. The lowest BCUT2D eigenvalue weighted by molar-refractivity contribution is 0.778. The van der Waals surface area contributed by atoms with E-state index in [1.54, 1.807) is 18.1 Å². The molecule has 0 spiro atoms. The van der Waals surface area contributed by atoms with Crippen LogP contribution in [-0.2, 0) is 13.5 Å². The summed E-state index contributed by atoms with van der Waals surface area (Å²) in [7, 11) is 1.93. The number of rotatable bonds is 5. The second-order valence-electron chi connectivity index (χ2n) is 4.24. The van der Waals surface area contributed by atoms with Crippen molar-refractivity contribution in [1.29, 1.82) is 0 Å². The molecule has 1 atom stereocenters. The second kappa shape index (κ2) is 6.02. The summed E-state index contributed by atoms with van der Waals surface area (Å²) < 4.78 is 1.90. The van der Waals surface area contributed by atoms with Crippen LogP contribution in [0.2, 0.25) is 0 Å². The van der Waals surface area contributed by atoms with Gasteiger partial charge in [0.05, 0.1) is 0 Å². The van der Waals surface area contributed by atoms with Crippen molar-refractivity contribution in [3.8, 4) is 0 Å². The van der Waals surface area contributed by atoms with E-state index in [1.807, 2.05) is 11.6 Å². The van der Waals surface area contributed by atoms with E-state index < -0.39 is 0 Å². The largest absolute Gasteiger partial charge is 0.323 e. The van der Waals surface area contributed by atoms with Crippen molar-refractivity contribution in [2.75, 3.05) is 5.75 Å².